The van der Waals surface area contributed by atoms with Crippen molar-refractivity contribution < 1.29 is 4.79 Å². The summed E-state index contributed by atoms with van der Waals surface area (Å²) in [6.07, 6.45) is 3.96. The van der Waals surface area contributed by atoms with Gasteiger partial charge in [0.15, 0.2) is 6.29 Å². The van der Waals surface area contributed by atoms with E-state index in [-0.39, 0.29) is 6.54 Å². The Hall–Kier alpha value is -3.76. The molecule has 0 fully saturated rings. The molecule has 0 saturated heterocycles. The molecule has 0 unspecified atom stereocenters. The molecule has 0 aromatic heterocycles. The highest BCUT2D eigenvalue weighted by molar-refractivity contribution is 6.32. The van der Waals surface area contributed by atoms with Crippen molar-refractivity contribution in [3.05, 3.63) is 76.0 Å². The third-order valence-electron chi connectivity index (χ3n) is 4.92. The minimum Gasteiger partial charge on any atom is -0.404 e. The van der Waals surface area contributed by atoms with Crippen molar-refractivity contribution in [2.24, 2.45) is 21.6 Å². The van der Waals surface area contributed by atoms with Crippen LogP contribution in [0.2, 0.25) is 0 Å². The zero-order chi connectivity index (χ0) is 22.8. The molecular weight excluding hydrogens is 388 g/mol. The number of aryl methyl sites for hydroxylation is 1. The Morgan fingerprint density at radius 1 is 1.26 bits per heavy atom. The molecule has 160 valence electrons. The van der Waals surface area contributed by atoms with Crippen LogP contribution in [0.25, 0.3) is 5.57 Å². The van der Waals surface area contributed by atoms with Gasteiger partial charge in [0.05, 0.1) is 17.0 Å². The van der Waals surface area contributed by atoms with Crippen molar-refractivity contribution in [3.63, 3.8) is 0 Å². The number of hydrazone groups is 1. The second-order valence-electron chi connectivity index (χ2n) is 6.76. The van der Waals surface area contributed by atoms with Gasteiger partial charge in [-0.3, -0.25) is 9.79 Å². The summed E-state index contributed by atoms with van der Waals surface area (Å²) in [7, 11) is 3.33. The molecule has 2 aromatic rings. The molecule has 2 aromatic carbocycles. The second-order valence-corrected chi connectivity index (χ2v) is 6.76. The average Bonchev–Trinajstić information content (AvgIpc) is 2.80. The Kier molecular flexibility index (Phi) is 8.67. The zero-order valence-electron chi connectivity index (χ0n) is 18.1. The Bertz CT molecular complexity index is 1080. The number of hydrogen-bond donors (Lipinski definition) is 3. The summed E-state index contributed by atoms with van der Waals surface area (Å²) in [5.41, 5.74) is 20.5. The van der Waals surface area contributed by atoms with Crippen LogP contribution in [0.5, 0.6) is 0 Å². The number of carbonyl (C=O) groups is 1. The summed E-state index contributed by atoms with van der Waals surface area (Å²) in [5, 5.41) is 14.0. The molecule has 0 aliphatic carbocycles. The van der Waals surface area contributed by atoms with E-state index in [4.69, 9.17) is 11.5 Å². The van der Waals surface area contributed by atoms with Crippen LogP contribution >= 0.6 is 0 Å². The molecule has 7 heteroatoms. The highest BCUT2D eigenvalue weighted by atomic mass is 16.1. The number of nitrogens with two attached hydrogens (primary N) is 2. The van der Waals surface area contributed by atoms with Gasteiger partial charge in [0.1, 0.15) is 6.07 Å². The summed E-state index contributed by atoms with van der Waals surface area (Å²) >= 11 is 0. The van der Waals surface area contributed by atoms with Gasteiger partial charge in [0.25, 0.3) is 0 Å². The lowest BCUT2D eigenvalue weighted by Gasteiger charge is -2.16. The van der Waals surface area contributed by atoms with E-state index >= 15 is 0 Å². The first kappa shape index (κ1) is 23.5. The molecule has 31 heavy (non-hydrogen) atoms. The normalized spacial score (nSPS) is 12.4. The van der Waals surface area contributed by atoms with Gasteiger partial charge in [-0.25, -0.2) is 0 Å². The van der Waals surface area contributed by atoms with E-state index in [1.807, 2.05) is 24.3 Å². The van der Waals surface area contributed by atoms with Crippen LogP contribution in [0.4, 0.5) is 0 Å². The van der Waals surface area contributed by atoms with E-state index < -0.39 is 0 Å². The van der Waals surface area contributed by atoms with E-state index in [0.29, 0.717) is 33.7 Å². The largest absolute Gasteiger partial charge is 0.404 e. The molecule has 0 radical (unpaired) electrons. The lowest BCUT2D eigenvalue weighted by Crippen LogP contribution is -2.20. The molecule has 0 aliphatic heterocycles. The first-order chi connectivity index (χ1) is 15.1. The molecule has 5 N–H and O–H groups in total. The summed E-state index contributed by atoms with van der Waals surface area (Å²) in [4.78, 5) is 16.1. The maximum absolute atomic E-state index is 11.6. The number of nitrogens with one attached hydrogen (secondary N) is 1. The molecule has 0 amide bonds. The number of nitrogens with zero attached hydrogens (tertiary/aromatic N) is 3. The van der Waals surface area contributed by atoms with Crippen LogP contribution in [0.3, 0.4) is 0 Å². The van der Waals surface area contributed by atoms with Crippen molar-refractivity contribution in [3.8, 4) is 6.07 Å². The van der Waals surface area contributed by atoms with Gasteiger partial charge in [-0.1, -0.05) is 43.7 Å². The smallest absolute Gasteiger partial charge is 0.150 e. The van der Waals surface area contributed by atoms with Crippen LogP contribution < -0.4 is 16.9 Å². The minimum absolute atomic E-state index is 0.152. The van der Waals surface area contributed by atoms with Crippen molar-refractivity contribution in [1.82, 2.24) is 5.43 Å². The third-order valence-corrected chi connectivity index (χ3v) is 4.92. The number of rotatable bonds is 9. The predicted molar refractivity (Wildman–Crippen MR) is 126 cm³/mol. The van der Waals surface area contributed by atoms with E-state index in [0.717, 1.165) is 35.8 Å². The maximum atomic E-state index is 11.6. The van der Waals surface area contributed by atoms with Crippen LogP contribution in [0.15, 0.2) is 52.7 Å². The fraction of sp³-hybridized carbons (Fsp3) is 0.250. The monoisotopic (exact) mass is 416 g/mol. The van der Waals surface area contributed by atoms with Gasteiger partial charge in [0.2, 0.25) is 0 Å². The standard InChI is InChI=1S/C24H28N6O/c1-4-6-16-7-5-8-19(21(16)12-25)24(28-2)22(13-26)17-9-10-18(15-31)20(11-17)23(14-27)30-29-3/h5,7-11,13,15,29H,4,6,14,26-27H2,1-3H3/b22-13-,28-24?,30-23-. The third kappa shape index (κ3) is 5.05. The topological polar surface area (TPSA) is 130 Å². The van der Waals surface area contributed by atoms with Crippen molar-refractivity contribution in [2.45, 2.75) is 19.8 Å². The van der Waals surface area contributed by atoms with E-state index in [1.165, 1.54) is 6.20 Å². The molecule has 7 nitrogen and oxygen atoms in total. The molecule has 0 atom stereocenters. The summed E-state index contributed by atoms with van der Waals surface area (Å²) in [6, 6.07) is 13.4. The van der Waals surface area contributed by atoms with Crippen LogP contribution in [-0.4, -0.2) is 38.3 Å². The lowest BCUT2D eigenvalue weighted by atomic mass is 9.89. The van der Waals surface area contributed by atoms with Gasteiger partial charge in [-0.15, -0.1) is 0 Å². The van der Waals surface area contributed by atoms with Crippen LogP contribution in [0, 0.1) is 11.3 Å². The molecule has 0 aliphatic rings. The van der Waals surface area contributed by atoms with Crippen molar-refractivity contribution in [2.75, 3.05) is 20.6 Å². The quantitative estimate of drug-likeness (QED) is 0.329. The number of carbonyl (C=O) groups excluding carboxylic acids is 1. The first-order valence-electron chi connectivity index (χ1n) is 10.0. The number of hydrogen-bond acceptors (Lipinski definition) is 7. The predicted octanol–water partition coefficient (Wildman–Crippen LogP) is 2.62. The number of aldehydes is 1. The van der Waals surface area contributed by atoms with Crippen molar-refractivity contribution >= 4 is 23.3 Å². The summed E-state index contributed by atoms with van der Waals surface area (Å²) in [6.45, 7) is 2.23. The van der Waals surface area contributed by atoms with E-state index in [9.17, 15) is 10.1 Å². The summed E-state index contributed by atoms with van der Waals surface area (Å²) < 4.78 is 0. The lowest BCUT2D eigenvalue weighted by molar-refractivity contribution is 0.112. The molecule has 0 heterocycles. The zero-order valence-corrected chi connectivity index (χ0v) is 18.1. The van der Waals surface area contributed by atoms with Crippen molar-refractivity contribution in [1.29, 1.82) is 5.26 Å². The highest BCUT2D eigenvalue weighted by Crippen LogP contribution is 2.26. The second kappa shape index (κ2) is 11.4. The van der Waals surface area contributed by atoms with Gasteiger partial charge >= 0.3 is 0 Å². The first-order valence-corrected chi connectivity index (χ1v) is 10.0. The number of aliphatic imine (C=N–C) groups is 1. The van der Waals surface area contributed by atoms with Crippen LogP contribution in [0.1, 0.15) is 51.5 Å². The Labute approximate surface area is 183 Å². The fourth-order valence-electron chi connectivity index (χ4n) is 3.53. The number of nitriles is 1. The Morgan fingerprint density at radius 3 is 2.58 bits per heavy atom. The Morgan fingerprint density at radius 2 is 2.03 bits per heavy atom. The average molecular weight is 417 g/mol. The van der Waals surface area contributed by atoms with Gasteiger partial charge in [0, 0.05) is 49.1 Å². The highest BCUT2D eigenvalue weighted by Gasteiger charge is 2.19. The molecule has 0 spiro atoms. The van der Waals surface area contributed by atoms with E-state index in [1.54, 1.807) is 26.2 Å². The van der Waals surface area contributed by atoms with Gasteiger partial charge < -0.3 is 16.9 Å². The van der Waals surface area contributed by atoms with Gasteiger partial charge in [-0.05, 0) is 23.6 Å². The van der Waals surface area contributed by atoms with Gasteiger partial charge in [-0.2, -0.15) is 10.4 Å². The number of benzene rings is 2. The molecule has 0 saturated carbocycles. The molecular formula is C24H28N6O. The SMILES string of the molecule is CCCc1cccc(C(=NC)/C(=C\N)c2ccc(C=O)c(/C(CN)=N\NC)c2)c1C#N. The summed E-state index contributed by atoms with van der Waals surface area (Å²) in [5.74, 6) is 0. The maximum Gasteiger partial charge on any atom is 0.150 e. The number of allylic oxidation sites excluding steroid dienone is 1. The van der Waals surface area contributed by atoms with E-state index in [2.05, 4.69) is 28.5 Å². The molecule has 2 rings (SSSR count). The molecule has 0 bridgehead atoms. The van der Waals surface area contributed by atoms with Crippen LogP contribution in [-0.2, 0) is 6.42 Å². The fourth-order valence-corrected chi connectivity index (χ4v) is 3.53. The Balaban J connectivity index is 2.68. The minimum atomic E-state index is 0.152.